The lowest BCUT2D eigenvalue weighted by Gasteiger charge is -2.11. The van der Waals surface area contributed by atoms with Crippen LogP contribution in [0.15, 0.2) is 52.1 Å². The molecule has 0 aliphatic carbocycles. The first-order valence-electron chi connectivity index (χ1n) is 6.06. The molecule has 0 saturated carbocycles. The van der Waals surface area contributed by atoms with Gasteiger partial charge >= 0.3 is 0 Å². The number of nitrogens with zero attached hydrogens (tertiary/aromatic N) is 1. The minimum Gasteiger partial charge on any atom is -0.489 e. The van der Waals surface area contributed by atoms with Gasteiger partial charge in [-0.05, 0) is 36.2 Å². The fourth-order valence-electron chi connectivity index (χ4n) is 1.76. The molecule has 2 aromatic rings. The lowest BCUT2D eigenvalue weighted by Crippen LogP contribution is -2.13. The summed E-state index contributed by atoms with van der Waals surface area (Å²) in [5, 5.41) is 11.7. The Labute approximate surface area is 126 Å². The lowest BCUT2D eigenvalue weighted by atomic mass is 10.1. The Balaban J connectivity index is 2.16. The van der Waals surface area contributed by atoms with Gasteiger partial charge in [0.25, 0.3) is 0 Å². The van der Waals surface area contributed by atoms with E-state index in [9.17, 15) is 0 Å². The fraction of sp³-hybridized carbons (Fsp3) is 0.133. The topological polar surface area (TPSA) is 67.8 Å². The Kier molecular flexibility index (Phi) is 4.63. The van der Waals surface area contributed by atoms with Crippen LogP contribution in [0.2, 0.25) is 0 Å². The Bertz CT molecular complexity index is 642. The van der Waals surface area contributed by atoms with Gasteiger partial charge in [0, 0.05) is 10.0 Å². The highest BCUT2D eigenvalue weighted by Gasteiger charge is 2.05. The van der Waals surface area contributed by atoms with E-state index in [1.807, 2.05) is 37.3 Å². The first-order valence-corrected chi connectivity index (χ1v) is 6.85. The summed E-state index contributed by atoms with van der Waals surface area (Å²) in [6.07, 6.45) is 0. The molecule has 0 bridgehead atoms. The second kappa shape index (κ2) is 6.43. The number of aryl methyl sites for hydroxylation is 1. The molecule has 0 aliphatic heterocycles. The summed E-state index contributed by atoms with van der Waals surface area (Å²) in [5.74, 6) is 0.784. The minimum absolute atomic E-state index is 0.0669. The maximum atomic E-state index is 8.70. The molecule has 0 radical (unpaired) electrons. The number of amidine groups is 1. The third kappa shape index (κ3) is 3.51. The molecule has 2 rings (SSSR count). The smallest absolute Gasteiger partial charge is 0.170 e. The van der Waals surface area contributed by atoms with Gasteiger partial charge in [-0.2, -0.15) is 0 Å². The van der Waals surface area contributed by atoms with Crippen LogP contribution >= 0.6 is 15.9 Å². The molecular formula is C15H15BrN2O2. The Morgan fingerprint density at radius 3 is 2.80 bits per heavy atom. The van der Waals surface area contributed by atoms with Gasteiger partial charge in [-0.3, -0.25) is 0 Å². The van der Waals surface area contributed by atoms with Gasteiger partial charge in [0.1, 0.15) is 12.4 Å². The minimum atomic E-state index is 0.0669. The third-order valence-electron chi connectivity index (χ3n) is 2.88. The van der Waals surface area contributed by atoms with Crippen LogP contribution in [0.5, 0.6) is 5.75 Å². The average molecular weight is 335 g/mol. The highest BCUT2D eigenvalue weighted by molar-refractivity contribution is 9.10. The first-order chi connectivity index (χ1) is 9.60. The molecular weight excluding hydrogens is 320 g/mol. The molecule has 2 aromatic carbocycles. The van der Waals surface area contributed by atoms with Crippen LogP contribution in [0.25, 0.3) is 0 Å². The van der Waals surface area contributed by atoms with Gasteiger partial charge in [-0.25, -0.2) is 0 Å². The molecule has 0 spiro atoms. The Hall–Kier alpha value is -2.01. The van der Waals surface area contributed by atoms with Crippen LogP contribution in [0.4, 0.5) is 0 Å². The van der Waals surface area contributed by atoms with Crippen LogP contribution in [0.3, 0.4) is 0 Å². The van der Waals surface area contributed by atoms with Crippen LogP contribution in [-0.4, -0.2) is 11.0 Å². The monoisotopic (exact) mass is 334 g/mol. The SMILES string of the molecule is Cc1ccc(/C(N)=N/O)cc1OCc1cccc(Br)c1. The maximum absolute atomic E-state index is 8.70. The number of oxime groups is 1. The zero-order chi connectivity index (χ0) is 14.5. The molecule has 0 atom stereocenters. The summed E-state index contributed by atoms with van der Waals surface area (Å²) in [7, 11) is 0. The molecule has 5 heteroatoms. The van der Waals surface area contributed by atoms with E-state index in [2.05, 4.69) is 21.1 Å². The van der Waals surface area contributed by atoms with Crippen molar-refractivity contribution in [2.24, 2.45) is 10.9 Å². The van der Waals surface area contributed by atoms with Crippen molar-refractivity contribution in [3.05, 3.63) is 63.6 Å². The summed E-state index contributed by atoms with van der Waals surface area (Å²) in [6.45, 7) is 2.41. The third-order valence-corrected chi connectivity index (χ3v) is 3.37. The molecule has 0 aromatic heterocycles. The predicted octanol–water partition coefficient (Wildman–Crippen LogP) is 3.43. The predicted molar refractivity (Wildman–Crippen MR) is 82.2 cm³/mol. The van der Waals surface area contributed by atoms with Crippen molar-refractivity contribution in [3.8, 4) is 5.75 Å². The van der Waals surface area contributed by atoms with Gasteiger partial charge in [-0.15, -0.1) is 0 Å². The van der Waals surface area contributed by atoms with Crippen LogP contribution < -0.4 is 10.5 Å². The average Bonchev–Trinajstić information content (AvgIpc) is 2.45. The van der Waals surface area contributed by atoms with Crippen molar-refractivity contribution in [1.82, 2.24) is 0 Å². The number of halogens is 1. The van der Waals surface area contributed by atoms with Crippen LogP contribution in [-0.2, 0) is 6.61 Å². The van der Waals surface area contributed by atoms with Gasteiger partial charge in [0.05, 0.1) is 0 Å². The van der Waals surface area contributed by atoms with E-state index in [0.717, 1.165) is 15.6 Å². The van der Waals surface area contributed by atoms with E-state index in [-0.39, 0.29) is 5.84 Å². The molecule has 4 nitrogen and oxygen atoms in total. The van der Waals surface area contributed by atoms with Gasteiger partial charge in [0.2, 0.25) is 0 Å². The number of rotatable bonds is 4. The van der Waals surface area contributed by atoms with Crippen LogP contribution in [0, 0.1) is 6.92 Å². The number of benzene rings is 2. The van der Waals surface area contributed by atoms with E-state index in [1.54, 1.807) is 12.1 Å². The standard InChI is InChI=1S/C15H15BrN2O2/c1-10-5-6-12(15(17)18-19)8-14(10)20-9-11-3-2-4-13(16)7-11/h2-8,19H,9H2,1H3,(H2,17,18). The molecule has 20 heavy (non-hydrogen) atoms. The van der Waals surface area contributed by atoms with E-state index in [1.165, 1.54) is 0 Å². The molecule has 0 unspecified atom stereocenters. The van der Waals surface area contributed by atoms with Crippen molar-refractivity contribution in [2.45, 2.75) is 13.5 Å². The van der Waals surface area contributed by atoms with Gasteiger partial charge in [0.15, 0.2) is 5.84 Å². The summed E-state index contributed by atoms with van der Waals surface area (Å²) in [5.41, 5.74) is 8.26. The molecule has 0 fully saturated rings. The van der Waals surface area contributed by atoms with Gasteiger partial charge in [-0.1, -0.05) is 45.4 Å². The second-order valence-electron chi connectivity index (χ2n) is 4.38. The second-order valence-corrected chi connectivity index (χ2v) is 5.30. The highest BCUT2D eigenvalue weighted by atomic mass is 79.9. The molecule has 0 amide bonds. The molecule has 0 saturated heterocycles. The van der Waals surface area contributed by atoms with Crippen molar-refractivity contribution in [1.29, 1.82) is 0 Å². The zero-order valence-electron chi connectivity index (χ0n) is 11.0. The van der Waals surface area contributed by atoms with E-state index in [0.29, 0.717) is 17.9 Å². The Morgan fingerprint density at radius 2 is 2.10 bits per heavy atom. The van der Waals surface area contributed by atoms with Crippen molar-refractivity contribution in [2.75, 3.05) is 0 Å². The van der Waals surface area contributed by atoms with E-state index >= 15 is 0 Å². The Morgan fingerprint density at radius 1 is 1.30 bits per heavy atom. The maximum Gasteiger partial charge on any atom is 0.170 e. The molecule has 104 valence electrons. The molecule has 3 N–H and O–H groups in total. The normalized spacial score (nSPS) is 11.4. The van der Waals surface area contributed by atoms with Crippen molar-refractivity contribution < 1.29 is 9.94 Å². The number of hydrogen-bond acceptors (Lipinski definition) is 3. The number of hydrogen-bond donors (Lipinski definition) is 2. The molecule has 0 aliphatic rings. The lowest BCUT2D eigenvalue weighted by molar-refractivity contribution is 0.304. The summed E-state index contributed by atoms with van der Waals surface area (Å²) in [4.78, 5) is 0. The van der Waals surface area contributed by atoms with Crippen LogP contribution in [0.1, 0.15) is 16.7 Å². The largest absolute Gasteiger partial charge is 0.489 e. The first kappa shape index (κ1) is 14.4. The fourth-order valence-corrected chi connectivity index (χ4v) is 2.21. The molecule has 0 heterocycles. The number of ether oxygens (including phenoxy) is 1. The van der Waals surface area contributed by atoms with Gasteiger partial charge < -0.3 is 15.7 Å². The zero-order valence-corrected chi connectivity index (χ0v) is 12.6. The van der Waals surface area contributed by atoms with Crippen molar-refractivity contribution in [3.63, 3.8) is 0 Å². The summed E-state index contributed by atoms with van der Waals surface area (Å²) < 4.78 is 6.81. The summed E-state index contributed by atoms with van der Waals surface area (Å²) in [6, 6.07) is 13.4. The van der Waals surface area contributed by atoms with E-state index in [4.69, 9.17) is 15.7 Å². The quantitative estimate of drug-likeness (QED) is 0.389. The summed E-state index contributed by atoms with van der Waals surface area (Å²) >= 11 is 3.43. The highest BCUT2D eigenvalue weighted by Crippen LogP contribution is 2.21. The van der Waals surface area contributed by atoms with E-state index < -0.39 is 0 Å². The van der Waals surface area contributed by atoms with Crippen molar-refractivity contribution >= 4 is 21.8 Å². The number of nitrogens with two attached hydrogens (primary N) is 1.